The van der Waals surface area contributed by atoms with Crippen LogP contribution in [0.1, 0.15) is 26.0 Å². The Balaban J connectivity index is 1.31. The van der Waals surface area contributed by atoms with Crippen molar-refractivity contribution in [1.29, 1.82) is 0 Å². The molecule has 4 heterocycles. The summed E-state index contributed by atoms with van der Waals surface area (Å²) in [6.07, 6.45) is 1.48. The minimum Gasteiger partial charge on any atom is -0.450 e. The van der Waals surface area contributed by atoms with Crippen molar-refractivity contribution in [3.8, 4) is 0 Å². The maximum absolute atomic E-state index is 13.6. The van der Waals surface area contributed by atoms with Crippen LogP contribution in [0.15, 0.2) is 18.3 Å². The second-order valence-corrected chi connectivity index (χ2v) is 9.53. The number of rotatable bonds is 3. The number of nitrogens with zero attached hydrogens (tertiary/aromatic N) is 5. The minimum atomic E-state index is -1.61. The number of hydrogen-bond acceptors (Lipinski definition) is 5. The van der Waals surface area contributed by atoms with Crippen molar-refractivity contribution in [1.82, 2.24) is 19.6 Å². The van der Waals surface area contributed by atoms with E-state index < -0.39 is 29.6 Å². The quantitative estimate of drug-likeness (QED) is 0.646. The number of amides is 4. The zero-order chi connectivity index (χ0) is 25.8. The highest BCUT2D eigenvalue weighted by Crippen LogP contribution is 2.43. The standard InChI is InChI=1S/C23H25F3N6O4/c1-3-36-22(35)29-10-23(11-29)6-19(33)31(12-23)17-7-27-32-8-13(2)30(9-18(17)32)21(34)28-14-4-15(24)20(26)16(25)5-14/h4-5,7,13H,3,6,8-12H2,1-2H3,(H,28,34)/t13-/m0/s1. The Morgan fingerprint density at radius 2 is 1.89 bits per heavy atom. The second-order valence-electron chi connectivity index (χ2n) is 9.53. The molecular weight excluding hydrogens is 481 g/mol. The topological polar surface area (TPSA) is 100 Å². The highest BCUT2D eigenvalue weighted by Gasteiger charge is 2.54. The minimum absolute atomic E-state index is 0.0961. The molecule has 0 bridgehead atoms. The van der Waals surface area contributed by atoms with Crippen molar-refractivity contribution < 1.29 is 32.3 Å². The lowest BCUT2D eigenvalue weighted by Crippen LogP contribution is -2.59. The number of carbonyl (C=O) groups excluding carboxylic acids is 3. The van der Waals surface area contributed by atoms with E-state index in [2.05, 4.69) is 10.4 Å². The maximum atomic E-state index is 13.6. The van der Waals surface area contributed by atoms with E-state index in [9.17, 15) is 27.6 Å². The van der Waals surface area contributed by atoms with Gasteiger partial charge in [-0.2, -0.15) is 5.10 Å². The number of fused-ring (bicyclic) bond motifs is 1. The smallest absolute Gasteiger partial charge is 0.409 e. The summed E-state index contributed by atoms with van der Waals surface area (Å²) in [6.45, 7) is 5.52. The van der Waals surface area contributed by atoms with Gasteiger partial charge < -0.3 is 24.8 Å². The first-order chi connectivity index (χ1) is 17.1. The third-order valence-electron chi connectivity index (χ3n) is 6.90. The summed E-state index contributed by atoms with van der Waals surface area (Å²) in [7, 11) is 0. The Kier molecular flexibility index (Phi) is 5.80. The predicted octanol–water partition coefficient (Wildman–Crippen LogP) is 2.93. The predicted molar refractivity (Wildman–Crippen MR) is 121 cm³/mol. The Hall–Kier alpha value is -3.77. The van der Waals surface area contributed by atoms with Gasteiger partial charge in [0.05, 0.1) is 43.3 Å². The molecule has 4 amide bonds. The monoisotopic (exact) mass is 506 g/mol. The Labute approximate surface area is 204 Å². The number of hydrogen-bond donors (Lipinski definition) is 1. The Morgan fingerprint density at radius 1 is 1.19 bits per heavy atom. The van der Waals surface area contributed by atoms with E-state index in [1.807, 2.05) is 0 Å². The van der Waals surface area contributed by atoms with E-state index in [0.29, 0.717) is 49.7 Å². The summed E-state index contributed by atoms with van der Waals surface area (Å²) >= 11 is 0. The molecule has 3 aliphatic rings. The third-order valence-corrected chi connectivity index (χ3v) is 6.90. The number of aromatic nitrogens is 2. The number of nitrogens with one attached hydrogen (secondary N) is 1. The van der Waals surface area contributed by atoms with Crippen LogP contribution in [0.2, 0.25) is 0 Å². The number of benzene rings is 1. The fourth-order valence-electron chi connectivity index (χ4n) is 5.14. The largest absolute Gasteiger partial charge is 0.450 e. The molecule has 1 N–H and O–H groups in total. The average molecular weight is 506 g/mol. The number of urea groups is 1. The first kappa shape index (κ1) is 23.9. The van der Waals surface area contributed by atoms with Gasteiger partial charge in [-0.05, 0) is 13.8 Å². The van der Waals surface area contributed by atoms with E-state index in [-0.39, 0.29) is 42.6 Å². The van der Waals surface area contributed by atoms with Gasteiger partial charge in [-0.25, -0.2) is 22.8 Å². The van der Waals surface area contributed by atoms with E-state index in [4.69, 9.17) is 4.74 Å². The fourth-order valence-corrected chi connectivity index (χ4v) is 5.14. The van der Waals surface area contributed by atoms with Crippen LogP contribution in [0.5, 0.6) is 0 Å². The van der Waals surface area contributed by atoms with Crippen LogP contribution in [0.4, 0.5) is 34.1 Å². The van der Waals surface area contributed by atoms with Crippen molar-refractivity contribution in [2.24, 2.45) is 5.41 Å². The van der Waals surface area contributed by atoms with E-state index in [1.54, 1.807) is 34.5 Å². The van der Waals surface area contributed by atoms with Gasteiger partial charge in [-0.15, -0.1) is 0 Å². The summed E-state index contributed by atoms with van der Waals surface area (Å²) in [5, 5.41) is 6.80. The van der Waals surface area contributed by atoms with Gasteiger partial charge in [0.1, 0.15) is 0 Å². The molecular formula is C23H25F3N6O4. The molecule has 5 rings (SSSR count). The van der Waals surface area contributed by atoms with Gasteiger partial charge in [0.15, 0.2) is 17.5 Å². The molecule has 3 aliphatic heterocycles. The van der Waals surface area contributed by atoms with E-state index in [1.165, 1.54) is 4.90 Å². The molecule has 10 nitrogen and oxygen atoms in total. The normalized spacial score (nSPS) is 20.4. The molecule has 13 heteroatoms. The van der Waals surface area contributed by atoms with E-state index >= 15 is 0 Å². The Bertz CT molecular complexity index is 1220. The van der Waals surface area contributed by atoms with Crippen LogP contribution in [-0.4, -0.2) is 69.9 Å². The first-order valence-electron chi connectivity index (χ1n) is 11.6. The lowest BCUT2D eigenvalue weighted by molar-refractivity contribution is -0.118. The molecule has 0 radical (unpaired) electrons. The maximum Gasteiger partial charge on any atom is 0.409 e. The van der Waals surface area contributed by atoms with Crippen LogP contribution in [0.3, 0.4) is 0 Å². The van der Waals surface area contributed by atoms with Crippen molar-refractivity contribution in [2.75, 3.05) is 36.5 Å². The zero-order valence-corrected chi connectivity index (χ0v) is 19.8. The lowest BCUT2D eigenvalue weighted by atomic mass is 9.79. The van der Waals surface area contributed by atoms with Crippen LogP contribution in [-0.2, 0) is 22.6 Å². The van der Waals surface area contributed by atoms with Gasteiger partial charge in [-0.3, -0.25) is 9.48 Å². The molecule has 2 aromatic rings. The number of carbonyl (C=O) groups is 3. The highest BCUT2D eigenvalue weighted by atomic mass is 19.2. The van der Waals surface area contributed by atoms with Crippen molar-refractivity contribution in [3.05, 3.63) is 41.5 Å². The average Bonchev–Trinajstić information content (AvgIpc) is 3.36. The number of likely N-dealkylation sites (tertiary alicyclic amines) is 1. The molecule has 1 aromatic heterocycles. The van der Waals surface area contributed by atoms with Gasteiger partial charge in [-0.1, -0.05) is 0 Å². The van der Waals surface area contributed by atoms with Gasteiger partial charge in [0, 0.05) is 49.3 Å². The van der Waals surface area contributed by atoms with Crippen LogP contribution >= 0.6 is 0 Å². The van der Waals surface area contributed by atoms with Gasteiger partial charge >= 0.3 is 12.1 Å². The summed E-state index contributed by atoms with van der Waals surface area (Å²) < 4.78 is 47.2. The number of anilines is 2. The number of halogens is 3. The van der Waals surface area contributed by atoms with Crippen molar-refractivity contribution >= 4 is 29.4 Å². The SMILES string of the molecule is CCOC(=O)N1CC2(CC(=O)N(c3cnn4c3CN(C(=O)Nc3cc(F)c(F)c(F)c3)[C@@H](C)C4)C2)C1. The molecule has 0 saturated carbocycles. The molecule has 0 unspecified atom stereocenters. The Morgan fingerprint density at radius 3 is 2.56 bits per heavy atom. The second kappa shape index (κ2) is 8.71. The molecule has 0 aliphatic carbocycles. The lowest BCUT2D eigenvalue weighted by Gasteiger charge is -2.46. The summed E-state index contributed by atoms with van der Waals surface area (Å²) in [5.74, 6) is -4.52. The fraction of sp³-hybridized carbons (Fsp3) is 0.478. The van der Waals surface area contributed by atoms with Crippen LogP contribution in [0.25, 0.3) is 0 Å². The molecule has 192 valence electrons. The molecule has 1 aromatic carbocycles. The van der Waals surface area contributed by atoms with Crippen molar-refractivity contribution in [2.45, 2.75) is 39.4 Å². The number of ether oxygens (including phenoxy) is 1. The molecule has 1 atom stereocenters. The zero-order valence-electron chi connectivity index (χ0n) is 19.8. The van der Waals surface area contributed by atoms with Gasteiger partial charge in [0.2, 0.25) is 5.91 Å². The summed E-state index contributed by atoms with van der Waals surface area (Å²) in [4.78, 5) is 42.5. The van der Waals surface area contributed by atoms with Crippen LogP contribution in [0, 0.1) is 22.9 Å². The van der Waals surface area contributed by atoms with Crippen molar-refractivity contribution in [3.63, 3.8) is 0 Å². The van der Waals surface area contributed by atoms with Gasteiger partial charge in [0.25, 0.3) is 0 Å². The molecule has 36 heavy (non-hydrogen) atoms. The molecule has 2 fully saturated rings. The highest BCUT2D eigenvalue weighted by molar-refractivity contribution is 5.97. The third kappa shape index (κ3) is 4.01. The van der Waals surface area contributed by atoms with E-state index in [0.717, 1.165) is 0 Å². The molecule has 2 saturated heterocycles. The molecule has 1 spiro atoms. The van der Waals surface area contributed by atoms with Crippen LogP contribution < -0.4 is 10.2 Å². The summed E-state index contributed by atoms with van der Waals surface area (Å²) in [6, 6.07) is 0.479. The summed E-state index contributed by atoms with van der Waals surface area (Å²) in [5.41, 5.74) is 0.659. The first-order valence-corrected chi connectivity index (χ1v) is 11.6.